The molecule has 80 valence electrons. The monoisotopic (exact) mass is 213 g/mol. The molecule has 2 rings (SSSR count). The van der Waals surface area contributed by atoms with Gasteiger partial charge in [0.2, 0.25) is 0 Å². The average Bonchev–Trinajstić information content (AvgIpc) is 2.58. The minimum absolute atomic E-state index is 0.299. The minimum atomic E-state index is -4.29. The highest BCUT2D eigenvalue weighted by molar-refractivity contribution is 5.87. The van der Waals surface area contributed by atoms with Crippen molar-refractivity contribution < 1.29 is 13.2 Å². The van der Waals surface area contributed by atoms with E-state index in [0.29, 0.717) is 22.9 Å². The number of H-pyrrole nitrogens is 1. The molecule has 0 aliphatic rings. The molecular weight excluding hydrogens is 203 g/mol. The van der Waals surface area contributed by atoms with Crippen LogP contribution in [0.1, 0.15) is 18.1 Å². The van der Waals surface area contributed by atoms with Crippen molar-refractivity contribution in [3.05, 3.63) is 35.5 Å². The fourth-order valence-electron chi connectivity index (χ4n) is 1.77. The molecule has 0 radical (unpaired) electrons. The van der Waals surface area contributed by atoms with Crippen molar-refractivity contribution >= 4 is 10.9 Å². The Hall–Kier alpha value is -1.45. The Kier molecular flexibility index (Phi) is 2.21. The second kappa shape index (κ2) is 3.29. The Morgan fingerprint density at radius 1 is 1.27 bits per heavy atom. The molecule has 0 atom stereocenters. The molecule has 1 aromatic carbocycles. The molecular formula is C11H10F3N. The van der Waals surface area contributed by atoms with Crippen LogP contribution in [-0.2, 0) is 12.6 Å². The smallest absolute Gasteiger partial charge is 0.361 e. The summed E-state index contributed by atoms with van der Waals surface area (Å²) in [7, 11) is 0. The van der Waals surface area contributed by atoms with Crippen molar-refractivity contribution in [2.75, 3.05) is 0 Å². The molecule has 0 aliphatic heterocycles. The molecule has 0 saturated carbocycles. The molecule has 0 saturated heterocycles. The number of halogens is 3. The number of benzene rings is 1. The van der Waals surface area contributed by atoms with Gasteiger partial charge >= 0.3 is 6.18 Å². The summed E-state index contributed by atoms with van der Waals surface area (Å²) < 4.78 is 38.1. The summed E-state index contributed by atoms with van der Waals surface area (Å²) in [5, 5.41) is 0.299. The lowest BCUT2D eigenvalue weighted by molar-refractivity contribution is -0.136. The lowest BCUT2D eigenvalue weighted by Gasteiger charge is -2.08. The zero-order chi connectivity index (χ0) is 11.1. The van der Waals surface area contributed by atoms with E-state index in [1.165, 1.54) is 6.07 Å². The van der Waals surface area contributed by atoms with Gasteiger partial charge in [-0.25, -0.2) is 0 Å². The van der Waals surface area contributed by atoms with E-state index in [1.807, 2.05) is 6.92 Å². The normalized spacial score (nSPS) is 12.3. The van der Waals surface area contributed by atoms with E-state index in [9.17, 15) is 13.2 Å². The van der Waals surface area contributed by atoms with Crippen molar-refractivity contribution in [2.45, 2.75) is 19.5 Å². The largest absolute Gasteiger partial charge is 0.417 e. The molecule has 0 amide bonds. The maximum absolute atomic E-state index is 12.7. The van der Waals surface area contributed by atoms with Gasteiger partial charge in [0.05, 0.1) is 5.56 Å². The third-order valence-electron chi connectivity index (χ3n) is 2.47. The van der Waals surface area contributed by atoms with Crippen LogP contribution in [0.25, 0.3) is 10.9 Å². The summed E-state index contributed by atoms with van der Waals surface area (Å²) >= 11 is 0. The lowest BCUT2D eigenvalue weighted by Crippen LogP contribution is -2.05. The first-order chi connectivity index (χ1) is 7.04. The van der Waals surface area contributed by atoms with Gasteiger partial charge in [-0.1, -0.05) is 13.0 Å². The van der Waals surface area contributed by atoms with Gasteiger partial charge in [0.1, 0.15) is 0 Å². The number of aromatic nitrogens is 1. The summed E-state index contributed by atoms with van der Waals surface area (Å²) in [5.41, 5.74) is 0.692. The van der Waals surface area contributed by atoms with E-state index in [4.69, 9.17) is 0 Å². The van der Waals surface area contributed by atoms with Crippen LogP contribution in [0.3, 0.4) is 0 Å². The molecule has 1 heterocycles. The van der Waals surface area contributed by atoms with Gasteiger partial charge in [-0.15, -0.1) is 0 Å². The quantitative estimate of drug-likeness (QED) is 0.742. The van der Waals surface area contributed by atoms with Crippen LogP contribution in [-0.4, -0.2) is 4.98 Å². The van der Waals surface area contributed by atoms with Crippen LogP contribution in [0.15, 0.2) is 24.4 Å². The van der Waals surface area contributed by atoms with Gasteiger partial charge < -0.3 is 4.98 Å². The Morgan fingerprint density at radius 3 is 2.60 bits per heavy atom. The molecule has 1 aromatic heterocycles. The summed E-state index contributed by atoms with van der Waals surface area (Å²) in [6.45, 7) is 1.84. The maximum Gasteiger partial charge on any atom is 0.417 e. The number of alkyl halides is 3. The zero-order valence-corrected chi connectivity index (χ0v) is 8.15. The van der Waals surface area contributed by atoms with Crippen LogP contribution in [0.2, 0.25) is 0 Å². The topological polar surface area (TPSA) is 15.8 Å². The molecule has 15 heavy (non-hydrogen) atoms. The van der Waals surface area contributed by atoms with Crippen molar-refractivity contribution in [1.82, 2.24) is 4.98 Å². The Morgan fingerprint density at radius 2 is 2.00 bits per heavy atom. The molecule has 2 aromatic rings. The molecule has 0 spiro atoms. The molecule has 0 bridgehead atoms. The number of fused-ring (bicyclic) bond motifs is 1. The Labute approximate surface area is 84.9 Å². The molecule has 0 aliphatic carbocycles. The summed E-state index contributed by atoms with van der Waals surface area (Å²) in [4.78, 5) is 2.85. The van der Waals surface area contributed by atoms with Crippen LogP contribution in [0.5, 0.6) is 0 Å². The number of aromatic amines is 1. The van der Waals surface area contributed by atoms with E-state index < -0.39 is 11.7 Å². The van der Waals surface area contributed by atoms with Crippen LogP contribution in [0.4, 0.5) is 13.2 Å². The number of hydrogen-bond acceptors (Lipinski definition) is 0. The van der Waals surface area contributed by atoms with E-state index >= 15 is 0 Å². The number of nitrogens with one attached hydrogen (secondary N) is 1. The maximum atomic E-state index is 12.7. The average molecular weight is 213 g/mol. The first kappa shape index (κ1) is 10.1. The molecule has 1 nitrogen and oxygen atoms in total. The van der Waals surface area contributed by atoms with Crippen molar-refractivity contribution in [1.29, 1.82) is 0 Å². The van der Waals surface area contributed by atoms with Crippen molar-refractivity contribution in [2.24, 2.45) is 0 Å². The number of aryl methyl sites for hydroxylation is 1. The second-order valence-corrected chi connectivity index (χ2v) is 3.39. The summed E-state index contributed by atoms with van der Waals surface area (Å²) in [6.07, 6.45) is -2.06. The molecule has 0 unspecified atom stereocenters. The van der Waals surface area contributed by atoms with Gasteiger partial charge in [0, 0.05) is 17.1 Å². The highest BCUT2D eigenvalue weighted by Gasteiger charge is 2.33. The third kappa shape index (κ3) is 1.60. The molecule has 4 heteroatoms. The van der Waals surface area contributed by atoms with E-state index in [2.05, 4.69) is 4.98 Å². The molecule has 0 fully saturated rings. The van der Waals surface area contributed by atoms with Gasteiger partial charge in [0.25, 0.3) is 0 Å². The van der Waals surface area contributed by atoms with Crippen LogP contribution in [0, 0.1) is 0 Å². The van der Waals surface area contributed by atoms with E-state index in [1.54, 1.807) is 12.3 Å². The van der Waals surface area contributed by atoms with Crippen molar-refractivity contribution in [3.8, 4) is 0 Å². The second-order valence-electron chi connectivity index (χ2n) is 3.39. The van der Waals surface area contributed by atoms with Gasteiger partial charge in [-0.05, 0) is 24.1 Å². The molecule has 1 N–H and O–H groups in total. The van der Waals surface area contributed by atoms with Gasteiger partial charge in [-0.2, -0.15) is 13.2 Å². The SMILES string of the molecule is CCc1c[nH]c2cccc(C(F)(F)F)c12. The highest BCUT2D eigenvalue weighted by Crippen LogP contribution is 2.36. The van der Waals surface area contributed by atoms with E-state index in [-0.39, 0.29) is 0 Å². The zero-order valence-electron chi connectivity index (χ0n) is 8.15. The fraction of sp³-hybridized carbons (Fsp3) is 0.273. The first-order valence-corrected chi connectivity index (χ1v) is 4.70. The summed E-state index contributed by atoms with van der Waals surface area (Å²) in [6, 6.07) is 4.19. The van der Waals surface area contributed by atoms with Crippen LogP contribution < -0.4 is 0 Å². The number of rotatable bonds is 1. The number of hydrogen-bond donors (Lipinski definition) is 1. The van der Waals surface area contributed by atoms with Gasteiger partial charge in [0.15, 0.2) is 0 Å². The highest BCUT2D eigenvalue weighted by atomic mass is 19.4. The standard InChI is InChI=1S/C11H10F3N/c1-2-7-6-15-9-5-3-4-8(10(7)9)11(12,13)14/h3-6,15H,2H2,1H3. The van der Waals surface area contributed by atoms with Crippen LogP contribution >= 0.6 is 0 Å². The minimum Gasteiger partial charge on any atom is -0.361 e. The predicted octanol–water partition coefficient (Wildman–Crippen LogP) is 3.75. The first-order valence-electron chi connectivity index (χ1n) is 4.70. The third-order valence-corrected chi connectivity index (χ3v) is 2.47. The predicted molar refractivity (Wildman–Crippen MR) is 52.7 cm³/mol. The van der Waals surface area contributed by atoms with Crippen molar-refractivity contribution in [3.63, 3.8) is 0 Å². The van der Waals surface area contributed by atoms with Gasteiger partial charge in [-0.3, -0.25) is 0 Å². The fourth-order valence-corrected chi connectivity index (χ4v) is 1.77. The Bertz CT molecular complexity index is 482. The van der Waals surface area contributed by atoms with E-state index in [0.717, 1.165) is 6.07 Å². The Balaban J connectivity index is 2.78. The summed E-state index contributed by atoms with van der Waals surface area (Å²) in [5.74, 6) is 0. The lowest BCUT2D eigenvalue weighted by atomic mass is 10.0.